The minimum Gasteiger partial charge on any atom is -0.383 e. The largest absolute Gasteiger partial charge is 0.383 e. The molecule has 4 rings (SSSR count). The fraction of sp³-hybridized carbons (Fsp3) is 0.280. The van der Waals surface area contributed by atoms with Crippen LogP contribution in [0.3, 0.4) is 0 Å². The molecule has 0 saturated carbocycles. The van der Waals surface area contributed by atoms with Crippen molar-refractivity contribution >= 4 is 23.2 Å². The lowest BCUT2D eigenvalue weighted by molar-refractivity contribution is 0.0628. The van der Waals surface area contributed by atoms with Crippen molar-refractivity contribution < 1.29 is 4.79 Å². The first kappa shape index (κ1) is 21.9. The van der Waals surface area contributed by atoms with Crippen molar-refractivity contribution in [2.24, 2.45) is 0 Å². The molecule has 1 saturated heterocycles. The van der Waals surface area contributed by atoms with Crippen molar-refractivity contribution in [1.82, 2.24) is 14.4 Å². The Labute approximate surface area is 193 Å². The molecule has 1 aliphatic rings. The van der Waals surface area contributed by atoms with E-state index in [1.54, 1.807) is 24.3 Å². The smallest absolute Gasteiger partial charge is 0.253 e. The molecule has 2 heterocycles. The molecule has 1 N–H and O–H groups in total. The number of piperazine rings is 1. The Balaban J connectivity index is 1.33. The van der Waals surface area contributed by atoms with E-state index in [1.165, 1.54) is 0 Å². The van der Waals surface area contributed by atoms with E-state index in [9.17, 15) is 10.1 Å². The second-order valence-electron chi connectivity index (χ2n) is 7.91. The molecule has 1 aliphatic heterocycles. The molecule has 6 nitrogen and oxygen atoms in total. The number of hydrogen-bond acceptors (Lipinski definition) is 4. The molecule has 1 aromatic heterocycles. The zero-order valence-electron chi connectivity index (χ0n) is 17.9. The number of carbonyl (C=O) groups is 1. The minimum absolute atomic E-state index is 0.0351. The van der Waals surface area contributed by atoms with E-state index in [1.807, 2.05) is 41.6 Å². The highest BCUT2D eigenvalue weighted by atomic mass is 35.5. The Morgan fingerprint density at radius 1 is 1.03 bits per heavy atom. The van der Waals surface area contributed by atoms with Crippen LogP contribution in [0.1, 0.15) is 21.5 Å². The summed E-state index contributed by atoms with van der Waals surface area (Å²) in [6, 6.07) is 19.3. The number of nitrogens with zero attached hydrogens (tertiary/aromatic N) is 4. The number of hydrogen-bond donors (Lipinski definition) is 1. The van der Waals surface area contributed by atoms with Gasteiger partial charge in [0, 0.05) is 74.5 Å². The third kappa shape index (κ3) is 5.50. The molecule has 164 valence electrons. The molecular formula is C25H26ClN5O. The molecule has 0 bridgehead atoms. The Morgan fingerprint density at radius 3 is 2.44 bits per heavy atom. The molecule has 7 heteroatoms. The summed E-state index contributed by atoms with van der Waals surface area (Å²) in [5.74, 6) is 0.0351. The fourth-order valence-electron chi connectivity index (χ4n) is 3.92. The van der Waals surface area contributed by atoms with Gasteiger partial charge in [-0.3, -0.25) is 9.69 Å². The fourth-order valence-corrected chi connectivity index (χ4v) is 4.04. The predicted octanol–water partition coefficient (Wildman–Crippen LogP) is 4.08. The Hall–Kier alpha value is -3.27. The number of halogens is 1. The van der Waals surface area contributed by atoms with Crippen LogP contribution in [0.25, 0.3) is 0 Å². The van der Waals surface area contributed by atoms with Gasteiger partial charge in [-0.15, -0.1) is 0 Å². The van der Waals surface area contributed by atoms with E-state index < -0.39 is 0 Å². The summed E-state index contributed by atoms with van der Waals surface area (Å²) in [4.78, 5) is 16.9. The summed E-state index contributed by atoms with van der Waals surface area (Å²) in [6.07, 6.45) is 4.09. The summed E-state index contributed by atoms with van der Waals surface area (Å²) in [5.41, 5.74) is 3.38. The van der Waals surface area contributed by atoms with Crippen LogP contribution in [0, 0.1) is 11.3 Å². The van der Waals surface area contributed by atoms with Gasteiger partial charge in [0.1, 0.15) is 0 Å². The van der Waals surface area contributed by atoms with Crippen molar-refractivity contribution in [3.05, 3.63) is 88.7 Å². The molecule has 0 spiro atoms. The highest BCUT2D eigenvalue weighted by Gasteiger charge is 2.22. The van der Waals surface area contributed by atoms with E-state index >= 15 is 0 Å². The first-order valence-corrected chi connectivity index (χ1v) is 11.1. The molecule has 3 aromatic rings. The first-order chi connectivity index (χ1) is 15.6. The van der Waals surface area contributed by atoms with Gasteiger partial charge < -0.3 is 14.8 Å². The second kappa shape index (κ2) is 10.4. The number of anilines is 1. The normalized spacial score (nSPS) is 14.2. The number of rotatable bonds is 7. The summed E-state index contributed by atoms with van der Waals surface area (Å²) in [5, 5.41) is 13.6. The standard InChI is InChI=1S/C25H26ClN5O/c26-23-6-3-20(4-7-23)25(32)31-15-13-30(14-16-31)19-22-17-24(8-5-21(22)18-27)28-9-12-29-10-1-2-11-29/h1-8,10-11,17,28H,9,12-16,19H2. The van der Waals surface area contributed by atoms with Gasteiger partial charge in [-0.05, 0) is 60.2 Å². The minimum atomic E-state index is 0.0351. The summed E-state index contributed by atoms with van der Waals surface area (Å²) in [7, 11) is 0. The number of benzene rings is 2. The molecule has 1 fully saturated rings. The Morgan fingerprint density at radius 2 is 1.75 bits per heavy atom. The lowest BCUT2D eigenvalue weighted by Gasteiger charge is -2.35. The van der Waals surface area contributed by atoms with Crippen molar-refractivity contribution in [3.63, 3.8) is 0 Å². The van der Waals surface area contributed by atoms with Crippen molar-refractivity contribution in [2.45, 2.75) is 13.1 Å². The van der Waals surface area contributed by atoms with Crippen molar-refractivity contribution in [3.8, 4) is 6.07 Å². The number of amides is 1. The van der Waals surface area contributed by atoms with Gasteiger partial charge in [-0.25, -0.2) is 0 Å². The Kier molecular flexibility index (Phi) is 7.10. The molecule has 32 heavy (non-hydrogen) atoms. The number of aromatic nitrogens is 1. The molecule has 2 aromatic carbocycles. The van der Waals surface area contributed by atoms with Crippen LogP contribution < -0.4 is 5.32 Å². The summed E-state index contributed by atoms with van der Waals surface area (Å²) >= 11 is 5.93. The molecule has 0 unspecified atom stereocenters. The van der Waals surface area contributed by atoms with Gasteiger partial charge in [0.25, 0.3) is 5.91 Å². The highest BCUT2D eigenvalue weighted by molar-refractivity contribution is 6.30. The zero-order chi connectivity index (χ0) is 22.3. The van der Waals surface area contributed by atoms with Crippen LogP contribution in [0.4, 0.5) is 5.69 Å². The SMILES string of the molecule is N#Cc1ccc(NCCn2cccc2)cc1CN1CCN(C(=O)c2ccc(Cl)cc2)CC1. The van der Waals surface area contributed by atoms with E-state index in [0.29, 0.717) is 35.8 Å². The average molecular weight is 448 g/mol. The van der Waals surface area contributed by atoms with Gasteiger partial charge in [-0.2, -0.15) is 5.26 Å². The van der Waals surface area contributed by atoms with Crippen molar-refractivity contribution in [1.29, 1.82) is 5.26 Å². The van der Waals surface area contributed by atoms with Gasteiger partial charge in [-0.1, -0.05) is 11.6 Å². The van der Waals surface area contributed by atoms with E-state index in [-0.39, 0.29) is 5.91 Å². The van der Waals surface area contributed by atoms with Crippen LogP contribution in [0.5, 0.6) is 0 Å². The maximum atomic E-state index is 12.7. The zero-order valence-corrected chi connectivity index (χ0v) is 18.6. The first-order valence-electron chi connectivity index (χ1n) is 10.8. The molecule has 1 amide bonds. The van der Waals surface area contributed by atoms with E-state index in [4.69, 9.17) is 11.6 Å². The molecular weight excluding hydrogens is 422 g/mol. The van der Waals surface area contributed by atoms with Crippen LogP contribution in [-0.2, 0) is 13.1 Å². The maximum Gasteiger partial charge on any atom is 0.253 e. The number of nitriles is 1. The quantitative estimate of drug-likeness (QED) is 0.592. The second-order valence-corrected chi connectivity index (χ2v) is 8.34. The lowest BCUT2D eigenvalue weighted by atomic mass is 10.1. The summed E-state index contributed by atoms with van der Waals surface area (Å²) in [6.45, 7) is 5.26. The predicted molar refractivity (Wildman–Crippen MR) is 127 cm³/mol. The lowest BCUT2D eigenvalue weighted by Crippen LogP contribution is -2.48. The van der Waals surface area contributed by atoms with Crippen molar-refractivity contribution in [2.75, 3.05) is 38.0 Å². The van der Waals surface area contributed by atoms with Gasteiger partial charge in [0.2, 0.25) is 0 Å². The third-order valence-corrected chi connectivity index (χ3v) is 5.99. The summed E-state index contributed by atoms with van der Waals surface area (Å²) < 4.78 is 2.13. The Bertz CT molecular complexity index is 1080. The monoisotopic (exact) mass is 447 g/mol. The van der Waals surface area contributed by atoms with Gasteiger partial charge >= 0.3 is 0 Å². The van der Waals surface area contributed by atoms with E-state index in [2.05, 4.69) is 26.9 Å². The van der Waals surface area contributed by atoms with E-state index in [0.717, 1.165) is 37.4 Å². The van der Waals surface area contributed by atoms with Gasteiger partial charge in [0.15, 0.2) is 0 Å². The van der Waals surface area contributed by atoms with Crippen LogP contribution >= 0.6 is 11.6 Å². The van der Waals surface area contributed by atoms with Crippen LogP contribution in [0.2, 0.25) is 5.02 Å². The highest BCUT2D eigenvalue weighted by Crippen LogP contribution is 2.19. The molecule has 0 radical (unpaired) electrons. The maximum absolute atomic E-state index is 12.7. The molecule has 0 aliphatic carbocycles. The number of nitrogens with one attached hydrogen (secondary N) is 1. The van der Waals surface area contributed by atoms with Crippen LogP contribution in [0.15, 0.2) is 67.0 Å². The van der Waals surface area contributed by atoms with Gasteiger partial charge in [0.05, 0.1) is 11.6 Å². The topological polar surface area (TPSA) is 64.3 Å². The molecule has 0 atom stereocenters. The van der Waals surface area contributed by atoms with Crippen LogP contribution in [-0.4, -0.2) is 53.0 Å². The average Bonchev–Trinajstić information content (AvgIpc) is 3.33. The third-order valence-electron chi connectivity index (χ3n) is 5.74. The number of carbonyl (C=O) groups excluding carboxylic acids is 1.